The van der Waals surface area contributed by atoms with Crippen LogP contribution in [-0.2, 0) is 6.42 Å². The summed E-state index contributed by atoms with van der Waals surface area (Å²) in [6.07, 6.45) is 1.68. The Kier molecular flexibility index (Phi) is 2.76. The van der Waals surface area contributed by atoms with Crippen LogP contribution in [0.2, 0.25) is 0 Å². The van der Waals surface area contributed by atoms with Gasteiger partial charge in [-0.05, 0) is 42.2 Å². The Labute approximate surface area is 130 Å². The topological polar surface area (TPSA) is 37.4 Å². The quantitative estimate of drug-likeness (QED) is 0.741. The van der Waals surface area contributed by atoms with Crippen molar-refractivity contribution in [3.8, 4) is 0 Å². The number of hydrogen-bond acceptors (Lipinski definition) is 2. The molecule has 0 saturated heterocycles. The Bertz CT molecular complexity index is 749. The van der Waals surface area contributed by atoms with Crippen molar-refractivity contribution in [2.75, 3.05) is 0 Å². The molecule has 0 aromatic heterocycles. The summed E-state index contributed by atoms with van der Waals surface area (Å²) < 4.78 is 1.05. The van der Waals surface area contributed by atoms with Crippen molar-refractivity contribution in [3.05, 3.63) is 69.2 Å². The van der Waals surface area contributed by atoms with E-state index in [1.54, 1.807) is 24.3 Å². The molecule has 104 valence electrons. The van der Waals surface area contributed by atoms with Gasteiger partial charge in [-0.2, -0.15) is 0 Å². The van der Waals surface area contributed by atoms with Crippen molar-refractivity contribution in [2.24, 2.45) is 0 Å². The van der Waals surface area contributed by atoms with Gasteiger partial charge in [0.25, 0.3) is 11.8 Å². The van der Waals surface area contributed by atoms with Crippen molar-refractivity contribution in [3.63, 3.8) is 0 Å². The lowest BCUT2D eigenvalue weighted by Gasteiger charge is -2.23. The average molecular weight is 342 g/mol. The van der Waals surface area contributed by atoms with Gasteiger partial charge in [0, 0.05) is 4.47 Å². The third kappa shape index (κ3) is 1.72. The number of amides is 2. The molecule has 0 fully saturated rings. The van der Waals surface area contributed by atoms with Crippen molar-refractivity contribution in [1.82, 2.24) is 4.90 Å². The van der Waals surface area contributed by atoms with E-state index in [0.717, 1.165) is 22.9 Å². The normalized spacial score (nSPS) is 19.9. The van der Waals surface area contributed by atoms with Gasteiger partial charge in [-0.1, -0.05) is 40.2 Å². The smallest absolute Gasteiger partial charge is 0.262 e. The van der Waals surface area contributed by atoms with E-state index >= 15 is 0 Å². The molecule has 0 unspecified atom stereocenters. The molecule has 0 saturated carbocycles. The Morgan fingerprint density at radius 3 is 2.29 bits per heavy atom. The minimum Gasteiger partial charge on any atom is -0.269 e. The van der Waals surface area contributed by atoms with E-state index < -0.39 is 0 Å². The van der Waals surface area contributed by atoms with Crippen LogP contribution in [0.25, 0.3) is 0 Å². The maximum Gasteiger partial charge on any atom is 0.262 e. The molecule has 0 spiro atoms. The second-order valence-electron chi connectivity index (χ2n) is 5.39. The van der Waals surface area contributed by atoms with E-state index in [2.05, 4.69) is 15.9 Å². The largest absolute Gasteiger partial charge is 0.269 e. The molecular formula is C17H12BrNO2. The average Bonchev–Trinajstić information content (AvgIpc) is 3.02. The van der Waals surface area contributed by atoms with Crippen molar-refractivity contribution < 1.29 is 9.59 Å². The number of halogens is 1. The molecule has 2 aliphatic rings. The van der Waals surface area contributed by atoms with Gasteiger partial charge in [0.05, 0.1) is 17.2 Å². The summed E-state index contributed by atoms with van der Waals surface area (Å²) in [4.78, 5) is 26.6. The first-order chi connectivity index (χ1) is 10.2. The van der Waals surface area contributed by atoms with Crippen molar-refractivity contribution in [1.29, 1.82) is 0 Å². The molecule has 1 aliphatic carbocycles. The van der Waals surface area contributed by atoms with Crippen LogP contribution in [0, 0.1) is 0 Å². The predicted molar refractivity (Wildman–Crippen MR) is 82.1 cm³/mol. The van der Waals surface area contributed by atoms with E-state index in [1.807, 2.05) is 18.2 Å². The molecule has 2 amide bonds. The minimum absolute atomic E-state index is 0.148. The number of benzene rings is 2. The molecule has 3 nitrogen and oxygen atoms in total. The number of rotatable bonds is 1. The summed E-state index contributed by atoms with van der Waals surface area (Å²) in [5.41, 5.74) is 3.33. The Hall–Kier alpha value is -1.94. The zero-order chi connectivity index (χ0) is 14.6. The van der Waals surface area contributed by atoms with Crippen LogP contribution >= 0.6 is 15.9 Å². The standard InChI is InChI=1S/C17H12BrNO2/c18-14-7-3-6-11-10(14)8-9-15(11)19-16(20)12-4-1-2-5-13(12)17(19)21/h1-7,15H,8-9H2/t15-/m1/s1. The maximum atomic E-state index is 12.6. The van der Waals surface area contributed by atoms with Gasteiger partial charge in [0.15, 0.2) is 0 Å². The molecule has 0 bridgehead atoms. The van der Waals surface area contributed by atoms with Gasteiger partial charge >= 0.3 is 0 Å². The zero-order valence-corrected chi connectivity index (χ0v) is 12.8. The zero-order valence-electron chi connectivity index (χ0n) is 11.2. The highest BCUT2D eigenvalue weighted by atomic mass is 79.9. The highest BCUT2D eigenvalue weighted by Gasteiger charge is 2.42. The molecule has 21 heavy (non-hydrogen) atoms. The van der Waals surface area contributed by atoms with Gasteiger partial charge in [-0.25, -0.2) is 0 Å². The van der Waals surface area contributed by atoms with Gasteiger partial charge in [-0.3, -0.25) is 14.5 Å². The van der Waals surface area contributed by atoms with Crippen LogP contribution < -0.4 is 0 Å². The van der Waals surface area contributed by atoms with E-state index in [4.69, 9.17) is 0 Å². The van der Waals surface area contributed by atoms with Gasteiger partial charge in [0.1, 0.15) is 0 Å². The second kappa shape index (κ2) is 4.53. The summed E-state index contributed by atoms with van der Waals surface area (Å²) in [7, 11) is 0. The van der Waals surface area contributed by atoms with E-state index in [1.165, 1.54) is 10.5 Å². The van der Waals surface area contributed by atoms with Crippen LogP contribution in [0.4, 0.5) is 0 Å². The van der Waals surface area contributed by atoms with Crippen LogP contribution in [0.5, 0.6) is 0 Å². The van der Waals surface area contributed by atoms with Crippen LogP contribution in [0.3, 0.4) is 0 Å². The molecule has 2 aromatic rings. The maximum absolute atomic E-state index is 12.6. The first kappa shape index (κ1) is 12.8. The summed E-state index contributed by atoms with van der Waals surface area (Å²) >= 11 is 3.55. The van der Waals surface area contributed by atoms with Gasteiger partial charge < -0.3 is 0 Å². The van der Waals surface area contributed by atoms with E-state index in [-0.39, 0.29) is 17.9 Å². The molecule has 2 aromatic carbocycles. The lowest BCUT2D eigenvalue weighted by atomic mass is 10.1. The number of imide groups is 1. The first-order valence-corrected chi connectivity index (χ1v) is 7.72. The van der Waals surface area contributed by atoms with Crippen LogP contribution in [-0.4, -0.2) is 16.7 Å². The number of hydrogen-bond donors (Lipinski definition) is 0. The summed E-state index contributed by atoms with van der Waals surface area (Å²) in [6.45, 7) is 0. The molecule has 1 atom stereocenters. The summed E-state index contributed by atoms with van der Waals surface area (Å²) in [6, 6.07) is 12.9. The monoisotopic (exact) mass is 341 g/mol. The lowest BCUT2D eigenvalue weighted by Crippen LogP contribution is -2.33. The number of fused-ring (bicyclic) bond motifs is 2. The van der Waals surface area contributed by atoms with Gasteiger partial charge in [-0.15, -0.1) is 0 Å². The molecule has 0 N–H and O–H groups in total. The van der Waals surface area contributed by atoms with E-state index in [0.29, 0.717) is 11.1 Å². The van der Waals surface area contributed by atoms with Crippen molar-refractivity contribution >= 4 is 27.7 Å². The summed E-state index contributed by atoms with van der Waals surface area (Å²) in [5, 5.41) is 0. The molecule has 1 aliphatic heterocycles. The van der Waals surface area contributed by atoms with Crippen molar-refractivity contribution in [2.45, 2.75) is 18.9 Å². The number of nitrogens with zero attached hydrogens (tertiary/aromatic N) is 1. The SMILES string of the molecule is O=C1c2ccccc2C(=O)N1[C@@H]1CCc2c(Br)cccc21. The van der Waals surface area contributed by atoms with E-state index in [9.17, 15) is 9.59 Å². The third-order valence-corrected chi connectivity index (χ3v) is 5.06. The lowest BCUT2D eigenvalue weighted by molar-refractivity contribution is 0.0582. The Morgan fingerprint density at radius 1 is 0.952 bits per heavy atom. The highest BCUT2D eigenvalue weighted by Crippen LogP contribution is 2.42. The second-order valence-corrected chi connectivity index (χ2v) is 6.24. The fourth-order valence-electron chi connectivity index (χ4n) is 3.35. The highest BCUT2D eigenvalue weighted by molar-refractivity contribution is 9.10. The predicted octanol–water partition coefficient (Wildman–Crippen LogP) is 3.73. The van der Waals surface area contributed by atoms with Crippen LogP contribution in [0.1, 0.15) is 44.3 Å². The first-order valence-electron chi connectivity index (χ1n) is 6.92. The third-order valence-electron chi connectivity index (χ3n) is 4.32. The van der Waals surface area contributed by atoms with Gasteiger partial charge in [0.2, 0.25) is 0 Å². The molecule has 4 rings (SSSR count). The molecule has 1 heterocycles. The fourth-order valence-corrected chi connectivity index (χ4v) is 3.93. The summed E-state index contributed by atoms with van der Waals surface area (Å²) in [5.74, 6) is -0.346. The molecule has 4 heteroatoms. The number of carbonyl (C=O) groups excluding carboxylic acids is 2. The Morgan fingerprint density at radius 2 is 1.62 bits per heavy atom. The fraction of sp³-hybridized carbons (Fsp3) is 0.176. The van der Waals surface area contributed by atoms with Crippen LogP contribution in [0.15, 0.2) is 46.9 Å². The molecule has 0 radical (unpaired) electrons. The minimum atomic E-state index is -0.173. The molecular weight excluding hydrogens is 330 g/mol. The Balaban J connectivity index is 1.80. The number of carbonyl (C=O) groups is 2.